The van der Waals surface area contributed by atoms with Gasteiger partial charge in [0, 0.05) is 12.7 Å². The zero-order valence-electron chi connectivity index (χ0n) is 18.9. The number of hydrogen-bond acceptors (Lipinski definition) is 8. The number of nitrogens with zero attached hydrogens (tertiary/aromatic N) is 4. The van der Waals surface area contributed by atoms with Gasteiger partial charge in [0.15, 0.2) is 0 Å². The van der Waals surface area contributed by atoms with Gasteiger partial charge >= 0.3 is 0 Å². The van der Waals surface area contributed by atoms with Gasteiger partial charge in [0.25, 0.3) is 5.91 Å². The van der Waals surface area contributed by atoms with Gasteiger partial charge in [-0.05, 0) is 77.4 Å². The minimum Gasteiger partial charge on any atom is -0.473 e. The lowest BCUT2D eigenvalue weighted by Crippen LogP contribution is -2.28. The molecule has 9 heteroatoms. The molecule has 0 saturated carbocycles. The van der Waals surface area contributed by atoms with Crippen LogP contribution in [0, 0.1) is 6.92 Å². The third-order valence-electron chi connectivity index (χ3n) is 5.44. The standard InChI is InChI=1S/C23H30N6O2S/c1-15(2)31-22-17(8-6-9-25-22)28-20-18-16(3)19(32-23(18)27-14-26-20)21(30)24-10-7-13-29-11-4-5-12-29/h6,8-9,14-15H,4-5,7,10-13H2,1-3H3,(H,24,30)(H,26,27,28). The molecule has 8 nitrogen and oxygen atoms in total. The molecule has 2 N–H and O–H groups in total. The summed E-state index contributed by atoms with van der Waals surface area (Å²) in [7, 11) is 0. The van der Waals surface area contributed by atoms with Crippen molar-refractivity contribution in [3.8, 4) is 5.88 Å². The summed E-state index contributed by atoms with van der Waals surface area (Å²) in [5, 5.41) is 7.25. The van der Waals surface area contributed by atoms with E-state index in [-0.39, 0.29) is 12.0 Å². The maximum Gasteiger partial charge on any atom is 0.261 e. The Kier molecular flexibility index (Phi) is 7.16. The quantitative estimate of drug-likeness (QED) is 0.469. The third-order valence-corrected chi connectivity index (χ3v) is 6.64. The van der Waals surface area contributed by atoms with Crippen LogP contribution in [0.25, 0.3) is 10.2 Å². The number of ether oxygens (including phenoxy) is 1. The summed E-state index contributed by atoms with van der Waals surface area (Å²) >= 11 is 1.39. The van der Waals surface area contributed by atoms with Crippen molar-refractivity contribution in [3.05, 3.63) is 35.1 Å². The van der Waals surface area contributed by atoms with E-state index in [9.17, 15) is 4.79 Å². The SMILES string of the molecule is Cc1c(C(=O)NCCCN2CCCC2)sc2ncnc(Nc3cccnc3OC(C)C)c12. The second kappa shape index (κ2) is 10.2. The molecule has 3 aromatic rings. The highest BCUT2D eigenvalue weighted by atomic mass is 32.1. The molecule has 0 atom stereocenters. The Hall–Kier alpha value is -2.78. The van der Waals surface area contributed by atoms with Crippen LogP contribution in [0.3, 0.4) is 0 Å². The second-order valence-electron chi connectivity index (χ2n) is 8.26. The van der Waals surface area contributed by atoms with Gasteiger partial charge in [0.2, 0.25) is 5.88 Å². The Bertz CT molecular complexity index is 1080. The van der Waals surface area contributed by atoms with Gasteiger partial charge in [-0.15, -0.1) is 11.3 Å². The van der Waals surface area contributed by atoms with Crippen LogP contribution in [0.15, 0.2) is 24.7 Å². The zero-order chi connectivity index (χ0) is 22.5. The number of carbonyl (C=O) groups excluding carboxylic acids is 1. The molecule has 4 heterocycles. The highest BCUT2D eigenvalue weighted by Gasteiger charge is 2.20. The molecule has 1 saturated heterocycles. The molecule has 1 amide bonds. The molecule has 1 fully saturated rings. The smallest absolute Gasteiger partial charge is 0.261 e. The van der Waals surface area contributed by atoms with E-state index in [1.54, 1.807) is 6.20 Å². The highest BCUT2D eigenvalue weighted by molar-refractivity contribution is 7.20. The Balaban J connectivity index is 1.49. The molecule has 0 radical (unpaired) electrons. The van der Waals surface area contributed by atoms with Crippen molar-refractivity contribution in [2.45, 2.75) is 46.1 Å². The van der Waals surface area contributed by atoms with E-state index >= 15 is 0 Å². The number of likely N-dealkylation sites (tertiary alicyclic amines) is 1. The average molecular weight is 455 g/mol. The van der Waals surface area contributed by atoms with Crippen LogP contribution < -0.4 is 15.4 Å². The molecule has 0 aliphatic carbocycles. The number of aryl methyl sites for hydroxylation is 1. The van der Waals surface area contributed by atoms with Gasteiger partial charge in [0.1, 0.15) is 22.7 Å². The van der Waals surface area contributed by atoms with Crippen molar-refractivity contribution in [1.29, 1.82) is 0 Å². The molecule has 170 valence electrons. The summed E-state index contributed by atoms with van der Waals surface area (Å²) in [5.41, 5.74) is 1.60. The Morgan fingerprint density at radius 2 is 2.06 bits per heavy atom. The van der Waals surface area contributed by atoms with E-state index < -0.39 is 0 Å². The van der Waals surface area contributed by atoms with E-state index in [1.165, 1.54) is 43.6 Å². The fourth-order valence-corrected chi connectivity index (χ4v) is 4.97. The number of aromatic nitrogens is 3. The molecular weight excluding hydrogens is 424 g/mol. The third kappa shape index (κ3) is 5.16. The van der Waals surface area contributed by atoms with Gasteiger partial charge in [0.05, 0.1) is 16.4 Å². The first kappa shape index (κ1) is 22.4. The fraction of sp³-hybridized carbons (Fsp3) is 0.478. The van der Waals surface area contributed by atoms with Gasteiger partial charge in [-0.3, -0.25) is 4.79 Å². The van der Waals surface area contributed by atoms with E-state index in [1.807, 2.05) is 32.9 Å². The van der Waals surface area contributed by atoms with Gasteiger partial charge in [-0.1, -0.05) is 0 Å². The van der Waals surface area contributed by atoms with E-state index in [4.69, 9.17) is 4.74 Å². The Labute approximate surface area is 192 Å². The van der Waals surface area contributed by atoms with Gasteiger partial charge in [-0.25, -0.2) is 15.0 Å². The summed E-state index contributed by atoms with van der Waals surface area (Å²) in [4.78, 5) is 29.9. The molecule has 32 heavy (non-hydrogen) atoms. The molecule has 0 bridgehead atoms. The number of fused-ring (bicyclic) bond motifs is 1. The van der Waals surface area contributed by atoms with Crippen LogP contribution in [0.1, 0.15) is 48.3 Å². The molecule has 1 aliphatic heterocycles. The van der Waals surface area contributed by atoms with Crippen LogP contribution in [-0.2, 0) is 0 Å². The number of nitrogens with one attached hydrogen (secondary N) is 2. The minimum absolute atomic E-state index is 0.000445. The number of thiophene rings is 1. The highest BCUT2D eigenvalue weighted by Crippen LogP contribution is 2.35. The topological polar surface area (TPSA) is 92.3 Å². The van der Waals surface area contributed by atoms with Gasteiger partial charge in [-0.2, -0.15) is 0 Å². The first-order valence-corrected chi connectivity index (χ1v) is 12.0. The molecule has 3 aromatic heterocycles. The number of rotatable bonds is 9. The normalized spacial score (nSPS) is 14.2. The Morgan fingerprint density at radius 3 is 2.84 bits per heavy atom. The molecule has 4 rings (SSSR count). The fourth-order valence-electron chi connectivity index (χ4n) is 3.90. The number of pyridine rings is 1. The van der Waals surface area contributed by atoms with Crippen molar-refractivity contribution >= 4 is 39.0 Å². The predicted molar refractivity (Wildman–Crippen MR) is 128 cm³/mol. The predicted octanol–water partition coefficient (Wildman–Crippen LogP) is 4.14. The van der Waals surface area contributed by atoms with E-state index in [0.29, 0.717) is 23.1 Å². The minimum atomic E-state index is -0.0527. The number of anilines is 2. The maximum absolute atomic E-state index is 12.9. The van der Waals surface area contributed by atoms with E-state index in [2.05, 4.69) is 30.5 Å². The lowest BCUT2D eigenvalue weighted by Gasteiger charge is -2.14. The van der Waals surface area contributed by atoms with Crippen molar-refractivity contribution in [1.82, 2.24) is 25.2 Å². The van der Waals surface area contributed by atoms with Crippen molar-refractivity contribution < 1.29 is 9.53 Å². The number of carbonyl (C=O) groups is 1. The van der Waals surface area contributed by atoms with Crippen LogP contribution in [-0.4, -0.2) is 58.0 Å². The molecule has 1 aliphatic rings. The molecule has 0 unspecified atom stereocenters. The summed E-state index contributed by atoms with van der Waals surface area (Å²) in [6.45, 7) is 9.93. The van der Waals surface area contributed by atoms with E-state index in [0.717, 1.165) is 34.4 Å². The Morgan fingerprint density at radius 1 is 1.25 bits per heavy atom. The van der Waals surface area contributed by atoms with Crippen molar-refractivity contribution in [2.75, 3.05) is 31.5 Å². The molecule has 0 spiro atoms. The monoisotopic (exact) mass is 454 g/mol. The number of hydrogen-bond donors (Lipinski definition) is 2. The van der Waals surface area contributed by atoms with Crippen molar-refractivity contribution in [2.24, 2.45) is 0 Å². The first-order chi connectivity index (χ1) is 15.5. The largest absolute Gasteiger partial charge is 0.473 e. The van der Waals surface area contributed by atoms with Crippen LogP contribution in [0.5, 0.6) is 5.88 Å². The second-order valence-corrected chi connectivity index (χ2v) is 9.26. The molecule has 0 aromatic carbocycles. The maximum atomic E-state index is 12.9. The van der Waals surface area contributed by atoms with Crippen LogP contribution >= 0.6 is 11.3 Å². The van der Waals surface area contributed by atoms with Crippen LogP contribution in [0.4, 0.5) is 11.5 Å². The van der Waals surface area contributed by atoms with Gasteiger partial charge < -0.3 is 20.3 Å². The summed E-state index contributed by atoms with van der Waals surface area (Å²) in [5.74, 6) is 1.10. The van der Waals surface area contributed by atoms with Crippen LogP contribution in [0.2, 0.25) is 0 Å². The van der Waals surface area contributed by atoms with Crippen molar-refractivity contribution in [3.63, 3.8) is 0 Å². The molecular formula is C23H30N6O2S. The average Bonchev–Trinajstić information content (AvgIpc) is 3.41. The lowest BCUT2D eigenvalue weighted by molar-refractivity contribution is 0.0955. The summed E-state index contributed by atoms with van der Waals surface area (Å²) < 4.78 is 5.81. The zero-order valence-corrected chi connectivity index (χ0v) is 19.7. The first-order valence-electron chi connectivity index (χ1n) is 11.2. The lowest BCUT2D eigenvalue weighted by atomic mass is 10.2. The number of amides is 1. The summed E-state index contributed by atoms with van der Waals surface area (Å²) in [6.07, 6.45) is 6.74. The summed E-state index contributed by atoms with van der Waals surface area (Å²) in [6, 6.07) is 3.74.